The molecule has 21 heavy (non-hydrogen) atoms. The molecule has 5 nitrogen and oxygen atoms in total. The standard InChI is InChI=1S/C16H20N4O/c17-14-5-4-11-8-19(10-13(11)14)9-12-7-16(21)20-6-2-1-3-15(20)18-12/h1-3,6-7,11,13-14H,4-5,8-10,17H2. The monoisotopic (exact) mass is 284 g/mol. The highest BCUT2D eigenvalue weighted by atomic mass is 16.1. The molecule has 110 valence electrons. The van der Waals surface area contributed by atoms with Crippen LogP contribution in [0.1, 0.15) is 18.5 Å². The third-order valence-electron chi connectivity index (χ3n) is 5.00. The summed E-state index contributed by atoms with van der Waals surface area (Å²) in [5.41, 5.74) is 7.75. The van der Waals surface area contributed by atoms with Gasteiger partial charge in [-0.2, -0.15) is 0 Å². The molecule has 0 aromatic carbocycles. The summed E-state index contributed by atoms with van der Waals surface area (Å²) in [5, 5.41) is 0. The second kappa shape index (κ2) is 4.93. The van der Waals surface area contributed by atoms with Gasteiger partial charge in [0.25, 0.3) is 5.56 Å². The highest BCUT2D eigenvalue weighted by molar-refractivity contribution is 5.38. The van der Waals surface area contributed by atoms with E-state index < -0.39 is 0 Å². The Kier molecular flexibility index (Phi) is 3.05. The lowest BCUT2D eigenvalue weighted by atomic mass is 9.98. The Morgan fingerprint density at radius 2 is 2.19 bits per heavy atom. The number of nitrogens with zero attached hydrogens (tertiary/aromatic N) is 3. The number of aromatic nitrogens is 2. The van der Waals surface area contributed by atoms with Gasteiger partial charge in [0.1, 0.15) is 5.65 Å². The summed E-state index contributed by atoms with van der Waals surface area (Å²) in [7, 11) is 0. The van der Waals surface area contributed by atoms with E-state index in [2.05, 4.69) is 9.88 Å². The smallest absolute Gasteiger partial charge is 0.258 e. The zero-order valence-corrected chi connectivity index (χ0v) is 12.0. The van der Waals surface area contributed by atoms with Crippen molar-refractivity contribution < 1.29 is 0 Å². The summed E-state index contributed by atoms with van der Waals surface area (Å²) in [4.78, 5) is 19.1. The molecule has 1 saturated heterocycles. The third-order valence-corrected chi connectivity index (χ3v) is 5.00. The van der Waals surface area contributed by atoms with Gasteiger partial charge >= 0.3 is 0 Å². The summed E-state index contributed by atoms with van der Waals surface area (Å²) in [6, 6.07) is 7.64. The number of likely N-dealkylation sites (tertiary alicyclic amines) is 1. The number of fused-ring (bicyclic) bond motifs is 2. The lowest BCUT2D eigenvalue weighted by molar-refractivity contribution is 0.295. The van der Waals surface area contributed by atoms with Crippen LogP contribution < -0.4 is 11.3 Å². The van der Waals surface area contributed by atoms with E-state index in [1.807, 2.05) is 18.2 Å². The Morgan fingerprint density at radius 1 is 1.29 bits per heavy atom. The minimum absolute atomic E-state index is 0.00769. The Labute approximate surface area is 123 Å². The van der Waals surface area contributed by atoms with Gasteiger partial charge in [0, 0.05) is 37.9 Å². The number of hydrogen-bond acceptors (Lipinski definition) is 4. The van der Waals surface area contributed by atoms with Crippen LogP contribution in [0, 0.1) is 11.8 Å². The van der Waals surface area contributed by atoms with Gasteiger partial charge in [-0.25, -0.2) is 4.98 Å². The maximum absolute atomic E-state index is 12.1. The van der Waals surface area contributed by atoms with E-state index in [1.54, 1.807) is 16.7 Å². The van der Waals surface area contributed by atoms with Crippen molar-refractivity contribution in [1.82, 2.24) is 14.3 Å². The van der Waals surface area contributed by atoms with Gasteiger partial charge < -0.3 is 5.73 Å². The molecule has 0 amide bonds. The van der Waals surface area contributed by atoms with Crippen LogP contribution >= 0.6 is 0 Å². The Balaban J connectivity index is 1.57. The zero-order chi connectivity index (χ0) is 14.4. The Hall–Kier alpha value is -1.72. The molecule has 2 N–H and O–H groups in total. The highest BCUT2D eigenvalue weighted by Gasteiger charge is 2.40. The quantitative estimate of drug-likeness (QED) is 0.888. The first-order valence-electron chi connectivity index (χ1n) is 7.66. The van der Waals surface area contributed by atoms with Gasteiger partial charge in [-0.15, -0.1) is 0 Å². The zero-order valence-electron chi connectivity index (χ0n) is 12.0. The fourth-order valence-corrected chi connectivity index (χ4v) is 3.94. The second-order valence-electron chi connectivity index (χ2n) is 6.37. The minimum Gasteiger partial charge on any atom is -0.327 e. The molecule has 3 heterocycles. The van der Waals surface area contributed by atoms with Crippen molar-refractivity contribution in [3.63, 3.8) is 0 Å². The fraction of sp³-hybridized carbons (Fsp3) is 0.500. The molecule has 1 saturated carbocycles. The van der Waals surface area contributed by atoms with Crippen LogP contribution in [0.25, 0.3) is 5.65 Å². The van der Waals surface area contributed by atoms with E-state index in [4.69, 9.17) is 5.73 Å². The topological polar surface area (TPSA) is 63.6 Å². The van der Waals surface area contributed by atoms with Gasteiger partial charge in [0.05, 0.1) is 5.69 Å². The molecule has 3 unspecified atom stereocenters. The SMILES string of the molecule is NC1CCC2CN(Cc3cc(=O)n4ccccc4n3)CC12. The van der Waals surface area contributed by atoms with Crippen molar-refractivity contribution in [3.05, 3.63) is 46.5 Å². The molecule has 2 fully saturated rings. The number of hydrogen-bond donors (Lipinski definition) is 1. The molecule has 0 bridgehead atoms. The Bertz CT molecular complexity index is 726. The lowest BCUT2D eigenvalue weighted by Gasteiger charge is -2.18. The van der Waals surface area contributed by atoms with E-state index in [0.29, 0.717) is 12.0 Å². The van der Waals surface area contributed by atoms with Crippen LogP contribution in [0.2, 0.25) is 0 Å². The molecule has 1 aliphatic carbocycles. The van der Waals surface area contributed by atoms with Crippen LogP contribution in [0.15, 0.2) is 35.3 Å². The van der Waals surface area contributed by atoms with E-state index in [0.717, 1.165) is 36.9 Å². The van der Waals surface area contributed by atoms with Crippen molar-refractivity contribution in [2.75, 3.05) is 13.1 Å². The molecule has 5 heteroatoms. The van der Waals surface area contributed by atoms with Gasteiger partial charge in [-0.3, -0.25) is 14.1 Å². The average molecular weight is 284 g/mol. The van der Waals surface area contributed by atoms with Gasteiger partial charge in [0.2, 0.25) is 0 Å². The van der Waals surface area contributed by atoms with E-state index in [-0.39, 0.29) is 5.56 Å². The fourth-order valence-electron chi connectivity index (χ4n) is 3.94. The Morgan fingerprint density at radius 3 is 3.05 bits per heavy atom. The summed E-state index contributed by atoms with van der Waals surface area (Å²) < 4.78 is 1.58. The molecule has 1 aliphatic heterocycles. The van der Waals surface area contributed by atoms with Crippen LogP contribution in [0.4, 0.5) is 0 Å². The summed E-state index contributed by atoms with van der Waals surface area (Å²) in [5.74, 6) is 1.37. The van der Waals surface area contributed by atoms with Crippen LogP contribution in [0.5, 0.6) is 0 Å². The summed E-state index contributed by atoms with van der Waals surface area (Å²) in [6.07, 6.45) is 4.17. The maximum atomic E-state index is 12.1. The van der Waals surface area contributed by atoms with Crippen molar-refractivity contribution in [2.45, 2.75) is 25.4 Å². The lowest BCUT2D eigenvalue weighted by Crippen LogP contribution is -2.30. The van der Waals surface area contributed by atoms with Gasteiger partial charge in [-0.05, 0) is 36.8 Å². The second-order valence-corrected chi connectivity index (χ2v) is 6.37. The van der Waals surface area contributed by atoms with Crippen molar-refractivity contribution in [2.24, 2.45) is 17.6 Å². The summed E-state index contributed by atoms with van der Waals surface area (Å²) >= 11 is 0. The maximum Gasteiger partial charge on any atom is 0.258 e. The normalized spacial score (nSPS) is 29.1. The largest absolute Gasteiger partial charge is 0.327 e. The van der Waals surface area contributed by atoms with Gasteiger partial charge in [-0.1, -0.05) is 6.07 Å². The minimum atomic E-state index is -0.00769. The highest BCUT2D eigenvalue weighted by Crippen LogP contribution is 2.37. The predicted octanol–water partition coefficient (Wildman–Crippen LogP) is 0.864. The molecule has 2 aliphatic rings. The number of nitrogens with two attached hydrogens (primary N) is 1. The first-order valence-corrected chi connectivity index (χ1v) is 7.66. The molecular formula is C16H20N4O. The molecular weight excluding hydrogens is 264 g/mol. The molecule has 4 rings (SSSR count). The van der Waals surface area contributed by atoms with Crippen LogP contribution in [-0.4, -0.2) is 33.4 Å². The van der Waals surface area contributed by atoms with Crippen molar-refractivity contribution >= 4 is 5.65 Å². The molecule has 0 radical (unpaired) electrons. The average Bonchev–Trinajstić information content (AvgIpc) is 3.01. The van der Waals surface area contributed by atoms with E-state index >= 15 is 0 Å². The first kappa shape index (κ1) is 13.0. The van der Waals surface area contributed by atoms with E-state index in [1.165, 1.54) is 12.8 Å². The third kappa shape index (κ3) is 2.26. The van der Waals surface area contributed by atoms with Crippen molar-refractivity contribution in [1.29, 1.82) is 0 Å². The van der Waals surface area contributed by atoms with Crippen LogP contribution in [0.3, 0.4) is 0 Å². The van der Waals surface area contributed by atoms with Crippen molar-refractivity contribution in [3.8, 4) is 0 Å². The molecule has 0 spiro atoms. The summed E-state index contributed by atoms with van der Waals surface area (Å²) in [6.45, 7) is 2.89. The first-order chi connectivity index (χ1) is 10.2. The van der Waals surface area contributed by atoms with Crippen LogP contribution in [-0.2, 0) is 6.54 Å². The number of pyridine rings is 1. The molecule has 3 atom stereocenters. The molecule has 2 aromatic heterocycles. The number of rotatable bonds is 2. The molecule has 2 aromatic rings. The van der Waals surface area contributed by atoms with E-state index in [9.17, 15) is 4.79 Å². The predicted molar refractivity (Wildman–Crippen MR) is 80.9 cm³/mol. The van der Waals surface area contributed by atoms with Gasteiger partial charge in [0.15, 0.2) is 0 Å².